The lowest BCUT2D eigenvalue weighted by Gasteiger charge is -2.15. The Morgan fingerprint density at radius 2 is 1.04 bits per heavy atom. The fourth-order valence-corrected chi connectivity index (χ4v) is 3.74. The third-order valence-corrected chi connectivity index (χ3v) is 5.43. The lowest BCUT2D eigenvalue weighted by atomic mass is 9.45. The molecule has 0 spiro atoms. The molecule has 112 valence electrons. The quantitative estimate of drug-likeness (QED) is 0.373. The lowest BCUT2D eigenvalue weighted by Crippen LogP contribution is -2.25. The Bertz CT molecular complexity index is 934. The molecule has 0 fully saturated rings. The second kappa shape index (κ2) is 5.30. The topological polar surface area (TPSA) is 0 Å². The SMILES string of the molecule is CCB(C)c1cc2ccc3cc(B(C)C)cc4ccc(c1)c2c34. The zero-order valence-electron chi connectivity index (χ0n) is 14.5. The maximum atomic E-state index is 2.39. The highest BCUT2D eigenvalue weighted by Crippen LogP contribution is 2.33. The van der Waals surface area contributed by atoms with Crippen LogP contribution in [0.25, 0.3) is 32.3 Å². The largest absolute Gasteiger partial charge is 0.172 e. The molecule has 0 unspecified atom stereocenters. The van der Waals surface area contributed by atoms with Gasteiger partial charge < -0.3 is 0 Å². The normalized spacial score (nSPS) is 11.7. The first kappa shape index (κ1) is 14.6. The third kappa shape index (κ3) is 2.24. The predicted molar refractivity (Wildman–Crippen MR) is 109 cm³/mol. The summed E-state index contributed by atoms with van der Waals surface area (Å²) in [5.41, 5.74) is 2.89. The molecule has 0 aliphatic rings. The highest BCUT2D eigenvalue weighted by atomic mass is 14.1. The van der Waals surface area contributed by atoms with Gasteiger partial charge in [-0.2, -0.15) is 0 Å². The van der Waals surface area contributed by atoms with Crippen molar-refractivity contribution < 1.29 is 0 Å². The summed E-state index contributed by atoms with van der Waals surface area (Å²) >= 11 is 0. The zero-order valence-corrected chi connectivity index (χ0v) is 14.5. The fraction of sp³-hybridized carbons (Fsp3) is 0.238. The van der Waals surface area contributed by atoms with Crippen LogP contribution in [0.5, 0.6) is 0 Å². The predicted octanol–water partition coefficient (Wildman–Crippen LogP) is 4.90. The van der Waals surface area contributed by atoms with Gasteiger partial charge in [0.15, 0.2) is 13.4 Å². The van der Waals surface area contributed by atoms with E-state index in [9.17, 15) is 0 Å². The highest BCUT2D eigenvalue weighted by molar-refractivity contribution is 6.72. The van der Waals surface area contributed by atoms with E-state index in [1.165, 1.54) is 49.6 Å². The van der Waals surface area contributed by atoms with E-state index in [0.717, 1.165) is 0 Å². The second-order valence-electron chi connectivity index (χ2n) is 7.28. The third-order valence-electron chi connectivity index (χ3n) is 5.43. The van der Waals surface area contributed by atoms with Crippen LogP contribution in [0, 0.1) is 0 Å². The Morgan fingerprint density at radius 1 is 0.652 bits per heavy atom. The highest BCUT2D eigenvalue weighted by Gasteiger charge is 2.14. The number of rotatable bonds is 3. The van der Waals surface area contributed by atoms with Crippen LogP contribution in [0.4, 0.5) is 0 Å². The molecule has 4 rings (SSSR count). The number of benzene rings is 4. The van der Waals surface area contributed by atoms with E-state index in [4.69, 9.17) is 0 Å². The van der Waals surface area contributed by atoms with Crippen molar-refractivity contribution in [2.45, 2.75) is 33.7 Å². The molecule has 4 aromatic carbocycles. The van der Waals surface area contributed by atoms with E-state index in [0.29, 0.717) is 13.4 Å². The maximum Gasteiger partial charge on any atom is 0.172 e. The summed E-state index contributed by atoms with van der Waals surface area (Å²) in [5, 5.41) is 8.38. The Hall–Kier alpha value is -1.95. The van der Waals surface area contributed by atoms with Gasteiger partial charge in [0, 0.05) is 0 Å². The van der Waals surface area contributed by atoms with Crippen LogP contribution in [0.2, 0.25) is 26.8 Å². The Labute approximate surface area is 139 Å². The molecule has 0 aliphatic heterocycles. The fourth-order valence-electron chi connectivity index (χ4n) is 3.74. The molecule has 0 bridgehead atoms. The van der Waals surface area contributed by atoms with Crippen molar-refractivity contribution in [3.63, 3.8) is 0 Å². The summed E-state index contributed by atoms with van der Waals surface area (Å²) < 4.78 is 0. The zero-order chi connectivity index (χ0) is 16.1. The summed E-state index contributed by atoms with van der Waals surface area (Å²) in [6.45, 7) is 10.3. The number of hydrogen-bond donors (Lipinski definition) is 0. The standard InChI is InChI=1S/C21H22B2/c1-5-23(4)19-12-16-8-6-14-10-18(22(2)3)11-15-7-9-17(13-19)21(16)20(14)15/h6-13H,5H2,1-4H3. The van der Waals surface area contributed by atoms with Crippen LogP contribution in [-0.4, -0.2) is 13.4 Å². The van der Waals surface area contributed by atoms with Gasteiger partial charge in [-0.25, -0.2) is 0 Å². The van der Waals surface area contributed by atoms with E-state index < -0.39 is 0 Å². The van der Waals surface area contributed by atoms with E-state index in [1.54, 1.807) is 0 Å². The molecule has 0 amide bonds. The first-order valence-electron chi connectivity index (χ1n) is 8.81. The Morgan fingerprint density at radius 3 is 1.39 bits per heavy atom. The van der Waals surface area contributed by atoms with E-state index in [-0.39, 0.29) is 0 Å². The van der Waals surface area contributed by atoms with E-state index in [2.05, 4.69) is 75.9 Å². The molecule has 0 radical (unpaired) electrons. The molecular weight excluding hydrogens is 274 g/mol. The van der Waals surface area contributed by atoms with Gasteiger partial charge in [-0.15, -0.1) is 0 Å². The molecular formula is C21H22B2. The van der Waals surface area contributed by atoms with E-state index >= 15 is 0 Å². The lowest BCUT2D eigenvalue weighted by molar-refractivity contribution is 1.43. The van der Waals surface area contributed by atoms with Crippen LogP contribution >= 0.6 is 0 Å². The summed E-state index contributed by atoms with van der Waals surface area (Å²) in [7, 11) is 0. The maximum absolute atomic E-state index is 2.39. The molecule has 0 saturated heterocycles. The summed E-state index contributed by atoms with van der Waals surface area (Å²) in [5.74, 6) is 0. The van der Waals surface area contributed by atoms with Crippen molar-refractivity contribution in [2.75, 3.05) is 0 Å². The molecule has 23 heavy (non-hydrogen) atoms. The van der Waals surface area contributed by atoms with Crippen LogP contribution in [0.3, 0.4) is 0 Å². The van der Waals surface area contributed by atoms with Crippen LogP contribution < -0.4 is 10.9 Å². The molecule has 4 aromatic rings. The summed E-state index contributed by atoms with van der Waals surface area (Å²) in [4.78, 5) is 0. The minimum absolute atomic E-state index is 0.564. The molecule has 0 aromatic heterocycles. The summed E-state index contributed by atoms with van der Waals surface area (Å²) in [6, 6.07) is 18.7. The number of hydrogen-bond acceptors (Lipinski definition) is 0. The van der Waals surface area contributed by atoms with Crippen molar-refractivity contribution >= 4 is 56.7 Å². The minimum Gasteiger partial charge on any atom is -0.0819 e. The van der Waals surface area contributed by atoms with Crippen LogP contribution in [0.15, 0.2) is 48.5 Å². The molecule has 0 saturated carbocycles. The molecule has 2 heteroatoms. The van der Waals surface area contributed by atoms with Gasteiger partial charge in [0.25, 0.3) is 0 Å². The molecule has 0 aliphatic carbocycles. The van der Waals surface area contributed by atoms with Crippen molar-refractivity contribution in [1.29, 1.82) is 0 Å². The van der Waals surface area contributed by atoms with Gasteiger partial charge in [-0.1, -0.05) is 93.2 Å². The first-order chi connectivity index (χ1) is 11.1. The average molecular weight is 296 g/mol. The van der Waals surface area contributed by atoms with Gasteiger partial charge in [0.2, 0.25) is 0 Å². The van der Waals surface area contributed by atoms with Gasteiger partial charge >= 0.3 is 0 Å². The van der Waals surface area contributed by atoms with Crippen LogP contribution in [-0.2, 0) is 0 Å². The van der Waals surface area contributed by atoms with Crippen molar-refractivity contribution in [3.05, 3.63) is 48.5 Å². The second-order valence-corrected chi connectivity index (χ2v) is 7.28. The average Bonchev–Trinajstić information content (AvgIpc) is 2.58. The Kier molecular flexibility index (Phi) is 3.37. The van der Waals surface area contributed by atoms with Gasteiger partial charge in [0.05, 0.1) is 0 Å². The van der Waals surface area contributed by atoms with Gasteiger partial charge in [0.1, 0.15) is 0 Å². The Balaban J connectivity index is 2.11. The van der Waals surface area contributed by atoms with Gasteiger partial charge in [-0.05, 0) is 32.3 Å². The monoisotopic (exact) mass is 296 g/mol. The van der Waals surface area contributed by atoms with Crippen molar-refractivity contribution in [2.24, 2.45) is 0 Å². The minimum atomic E-state index is 0.564. The first-order valence-corrected chi connectivity index (χ1v) is 8.81. The van der Waals surface area contributed by atoms with E-state index in [1.807, 2.05) is 0 Å². The smallest absolute Gasteiger partial charge is 0.0819 e. The van der Waals surface area contributed by atoms with Crippen molar-refractivity contribution in [1.82, 2.24) is 0 Å². The van der Waals surface area contributed by atoms with Crippen LogP contribution in [0.1, 0.15) is 6.92 Å². The molecule has 0 N–H and O–H groups in total. The summed E-state index contributed by atoms with van der Waals surface area (Å²) in [6.07, 6.45) is 1.19. The molecule has 0 atom stereocenters. The van der Waals surface area contributed by atoms with Gasteiger partial charge in [-0.3, -0.25) is 0 Å². The molecule has 0 nitrogen and oxygen atoms in total. The van der Waals surface area contributed by atoms with Crippen molar-refractivity contribution in [3.8, 4) is 0 Å². The molecule has 0 heterocycles.